The normalized spacial score (nSPS) is 9.71. The molecule has 0 saturated carbocycles. The van der Waals surface area contributed by atoms with Crippen molar-refractivity contribution in [1.82, 2.24) is 5.32 Å². The Morgan fingerprint density at radius 3 is 2.93 bits per heavy atom. The van der Waals surface area contributed by atoms with Crippen molar-refractivity contribution in [3.8, 4) is 0 Å². The average molecular weight is 212 g/mol. The first-order chi connectivity index (χ1) is 6.68. The SMILES string of the molecule is NC(=S)CCC(=O)NCc1ccco1. The molecule has 0 radical (unpaired) electrons. The number of amides is 1. The van der Waals surface area contributed by atoms with Crippen LogP contribution in [0.3, 0.4) is 0 Å². The van der Waals surface area contributed by atoms with Crippen molar-refractivity contribution in [2.75, 3.05) is 0 Å². The van der Waals surface area contributed by atoms with Gasteiger partial charge in [0.1, 0.15) is 5.76 Å². The van der Waals surface area contributed by atoms with Crippen LogP contribution in [-0.2, 0) is 11.3 Å². The van der Waals surface area contributed by atoms with Gasteiger partial charge in [0.05, 0.1) is 17.8 Å². The lowest BCUT2D eigenvalue weighted by atomic mass is 10.3. The molecule has 1 aromatic rings. The molecule has 0 aliphatic rings. The fourth-order valence-corrected chi connectivity index (χ4v) is 1.03. The van der Waals surface area contributed by atoms with E-state index in [9.17, 15) is 4.79 Å². The lowest BCUT2D eigenvalue weighted by molar-refractivity contribution is -0.121. The molecular weight excluding hydrogens is 200 g/mol. The third-order valence-corrected chi connectivity index (χ3v) is 1.84. The van der Waals surface area contributed by atoms with Crippen molar-refractivity contribution in [3.63, 3.8) is 0 Å². The number of nitrogens with one attached hydrogen (secondary N) is 1. The first-order valence-electron chi connectivity index (χ1n) is 4.26. The molecule has 0 atom stereocenters. The van der Waals surface area contributed by atoms with E-state index >= 15 is 0 Å². The molecule has 1 aromatic heterocycles. The summed E-state index contributed by atoms with van der Waals surface area (Å²) in [5, 5.41) is 2.69. The van der Waals surface area contributed by atoms with Crippen molar-refractivity contribution in [2.45, 2.75) is 19.4 Å². The second-order valence-electron chi connectivity index (χ2n) is 2.82. The van der Waals surface area contributed by atoms with Crippen LogP contribution >= 0.6 is 12.2 Å². The van der Waals surface area contributed by atoms with Crippen LogP contribution in [0.2, 0.25) is 0 Å². The maximum Gasteiger partial charge on any atom is 0.220 e. The van der Waals surface area contributed by atoms with Crippen LogP contribution in [0.1, 0.15) is 18.6 Å². The van der Waals surface area contributed by atoms with E-state index in [4.69, 9.17) is 10.2 Å². The molecule has 3 N–H and O–H groups in total. The van der Waals surface area contributed by atoms with E-state index in [1.807, 2.05) is 0 Å². The van der Waals surface area contributed by atoms with Gasteiger partial charge in [-0.25, -0.2) is 0 Å². The Morgan fingerprint density at radius 1 is 1.57 bits per heavy atom. The quantitative estimate of drug-likeness (QED) is 0.713. The highest BCUT2D eigenvalue weighted by molar-refractivity contribution is 7.80. The molecule has 0 unspecified atom stereocenters. The van der Waals surface area contributed by atoms with Gasteiger partial charge in [0.15, 0.2) is 0 Å². The standard InChI is InChI=1S/C9H12N2O2S/c10-8(14)3-4-9(12)11-6-7-2-1-5-13-7/h1-2,5H,3-4,6H2,(H2,10,14)(H,11,12). The molecule has 1 heterocycles. The predicted molar refractivity (Wildman–Crippen MR) is 56.6 cm³/mol. The smallest absolute Gasteiger partial charge is 0.220 e. The zero-order valence-electron chi connectivity index (χ0n) is 7.66. The van der Waals surface area contributed by atoms with Crippen LogP contribution in [0.4, 0.5) is 0 Å². The minimum absolute atomic E-state index is 0.0748. The summed E-state index contributed by atoms with van der Waals surface area (Å²) in [7, 11) is 0. The number of hydrogen-bond donors (Lipinski definition) is 2. The summed E-state index contributed by atoms with van der Waals surface area (Å²) in [6.45, 7) is 0.406. The lowest BCUT2D eigenvalue weighted by Gasteiger charge is -2.01. The molecule has 1 amide bonds. The molecule has 0 aliphatic carbocycles. The van der Waals surface area contributed by atoms with Gasteiger partial charge in [0, 0.05) is 12.8 Å². The molecule has 76 valence electrons. The number of thiocarbonyl (C=S) groups is 1. The maximum absolute atomic E-state index is 11.2. The van der Waals surface area contributed by atoms with E-state index in [0.29, 0.717) is 24.4 Å². The summed E-state index contributed by atoms with van der Waals surface area (Å²) < 4.78 is 5.04. The highest BCUT2D eigenvalue weighted by atomic mass is 32.1. The molecule has 4 nitrogen and oxygen atoms in total. The molecule has 5 heteroatoms. The molecule has 0 fully saturated rings. The van der Waals surface area contributed by atoms with Gasteiger partial charge < -0.3 is 15.5 Å². The largest absolute Gasteiger partial charge is 0.467 e. The second kappa shape index (κ2) is 5.39. The highest BCUT2D eigenvalue weighted by Gasteiger charge is 2.02. The number of carbonyl (C=O) groups is 1. The fourth-order valence-electron chi connectivity index (χ4n) is 0.924. The van der Waals surface area contributed by atoms with Crippen molar-refractivity contribution in [2.24, 2.45) is 5.73 Å². The van der Waals surface area contributed by atoms with E-state index < -0.39 is 0 Å². The molecule has 0 saturated heterocycles. The predicted octanol–water partition coefficient (Wildman–Crippen LogP) is 0.962. The van der Waals surface area contributed by atoms with Crippen molar-refractivity contribution < 1.29 is 9.21 Å². The first-order valence-corrected chi connectivity index (χ1v) is 4.66. The summed E-state index contributed by atoms with van der Waals surface area (Å²) in [4.78, 5) is 11.5. The van der Waals surface area contributed by atoms with Gasteiger partial charge in [-0.1, -0.05) is 12.2 Å². The second-order valence-corrected chi connectivity index (χ2v) is 3.35. The average Bonchev–Trinajstić information content (AvgIpc) is 2.63. The third-order valence-electron chi connectivity index (χ3n) is 1.64. The summed E-state index contributed by atoms with van der Waals surface area (Å²) in [6.07, 6.45) is 2.34. The Hall–Kier alpha value is -1.36. The van der Waals surface area contributed by atoms with Crippen LogP contribution < -0.4 is 11.1 Å². The van der Waals surface area contributed by atoms with Crippen LogP contribution in [0.5, 0.6) is 0 Å². The Bertz CT molecular complexity index is 309. The Morgan fingerprint density at radius 2 is 2.36 bits per heavy atom. The van der Waals surface area contributed by atoms with Crippen LogP contribution in [0.25, 0.3) is 0 Å². The topological polar surface area (TPSA) is 68.3 Å². The van der Waals surface area contributed by atoms with E-state index in [-0.39, 0.29) is 5.91 Å². The summed E-state index contributed by atoms with van der Waals surface area (Å²) in [5.74, 6) is 0.655. The van der Waals surface area contributed by atoms with Crippen molar-refractivity contribution in [1.29, 1.82) is 0 Å². The van der Waals surface area contributed by atoms with Gasteiger partial charge in [-0.2, -0.15) is 0 Å². The Labute approximate surface area is 87.5 Å². The van der Waals surface area contributed by atoms with Crippen LogP contribution in [0.15, 0.2) is 22.8 Å². The van der Waals surface area contributed by atoms with Gasteiger partial charge in [-0.05, 0) is 12.1 Å². The van der Waals surface area contributed by atoms with Gasteiger partial charge in [0.2, 0.25) is 5.91 Å². The molecule has 0 bridgehead atoms. The van der Waals surface area contributed by atoms with E-state index in [1.54, 1.807) is 18.4 Å². The Balaban J connectivity index is 2.18. The zero-order chi connectivity index (χ0) is 10.4. The molecular formula is C9H12N2O2S. The highest BCUT2D eigenvalue weighted by Crippen LogP contribution is 1.99. The molecule has 14 heavy (non-hydrogen) atoms. The van der Waals surface area contributed by atoms with Gasteiger partial charge >= 0.3 is 0 Å². The zero-order valence-corrected chi connectivity index (χ0v) is 8.47. The summed E-state index contributed by atoms with van der Waals surface area (Å²) in [6, 6.07) is 3.57. The fraction of sp³-hybridized carbons (Fsp3) is 0.333. The van der Waals surface area contributed by atoms with Crippen LogP contribution in [0, 0.1) is 0 Å². The van der Waals surface area contributed by atoms with Crippen molar-refractivity contribution >= 4 is 23.1 Å². The minimum atomic E-state index is -0.0748. The van der Waals surface area contributed by atoms with E-state index in [1.165, 1.54) is 0 Å². The first kappa shape index (κ1) is 10.7. The lowest BCUT2D eigenvalue weighted by Crippen LogP contribution is -2.23. The number of rotatable bonds is 5. The molecule has 1 rings (SSSR count). The Kier molecular flexibility index (Phi) is 4.12. The van der Waals surface area contributed by atoms with E-state index in [0.717, 1.165) is 5.76 Å². The van der Waals surface area contributed by atoms with Crippen LogP contribution in [-0.4, -0.2) is 10.9 Å². The number of carbonyl (C=O) groups excluding carboxylic acids is 1. The molecule has 0 aromatic carbocycles. The minimum Gasteiger partial charge on any atom is -0.467 e. The number of hydrogen-bond acceptors (Lipinski definition) is 3. The van der Waals surface area contributed by atoms with E-state index in [2.05, 4.69) is 17.5 Å². The number of furan rings is 1. The third kappa shape index (κ3) is 4.04. The molecule has 0 spiro atoms. The van der Waals surface area contributed by atoms with Crippen molar-refractivity contribution in [3.05, 3.63) is 24.2 Å². The van der Waals surface area contributed by atoms with Gasteiger partial charge in [-0.3, -0.25) is 4.79 Å². The maximum atomic E-state index is 11.2. The van der Waals surface area contributed by atoms with Gasteiger partial charge in [0.25, 0.3) is 0 Å². The summed E-state index contributed by atoms with van der Waals surface area (Å²) >= 11 is 4.66. The van der Waals surface area contributed by atoms with Gasteiger partial charge in [-0.15, -0.1) is 0 Å². The monoisotopic (exact) mass is 212 g/mol. The number of nitrogens with two attached hydrogens (primary N) is 1. The molecule has 0 aliphatic heterocycles. The summed E-state index contributed by atoms with van der Waals surface area (Å²) in [5.41, 5.74) is 5.26.